The van der Waals surface area contributed by atoms with Crippen LogP contribution in [0.25, 0.3) is 0 Å². The van der Waals surface area contributed by atoms with Crippen LogP contribution in [-0.2, 0) is 0 Å². The molecule has 114 valence electrons. The predicted octanol–water partition coefficient (Wildman–Crippen LogP) is 4.13. The number of rotatable bonds is 5. The van der Waals surface area contributed by atoms with E-state index in [0.717, 1.165) is 6.54 Å². The first-order valence-corrected chi connectivity index (χ1v) is 8.23. The van der Waals surface area contributed by atoms with E-state index in [1.54, 1.807) is 0 Å². The van der Waals surface area contributed by atoms with Gasteiger partial charge in [-0.25, -0.2) is 4.98 Å². The molecule has 1 heterocycles. The summed E-state index contributed by atoms with van der Waals surface area (Å²) in [5.41, 5.74) is 0.358. The molecule has 0 spiro atoms. The molecule has 1 aromatic rings. The Labute approximate surface area is 124 Å². The molecule has 0 saturated heterocycles. The molecule has 1 aliphatic rings. The van der Waals surface area contributed by atoms with Gasteiger partial charge < -0.3 is 9.88 Å². The first kappa shape index (κ1) is 15.6. The van der Waals surface area contributed by atoms with Crippen LogP contribution in [0.2, 0.25) is 0 Å². The molecule has 2 atom stereocenters. The summed E-state index contributed by atoms with van der Waals surface area (Å²) in [6.07, 6.45) is 9.24. The van der Waals surface area contributed by atoms with Crippen LogP contribution in [0.1, 0.15) is 78.1 Å². The van der Waals surface area contributed by atoms with Gasteiger partial charge in [-0.3, -0.25) is 0 Å². The minimum Gasteiger partial charge on any atom is -0.330 e. The Bertz CT molecular complexity index is 420. The van der Waals surface area contributed by atoms with Crippen molar-refractivity contribution in [1.82, 2.24) is 14.9 Å². The highest BCUT2D eigenvalue weighted by Gasteiger charge is 2.40. The minimum absolute atomic E-state index is 0.358. The van der Waals surface area contributed by atoms with Crippen molar-refractivity contribution in [1.29, 1.82) is 0 Å². The Hall–Kier alpha value is -0.830. The van der Waals surface area contributed by atoms with Crippen molar-refractivity contribution in [3.05, 3.63) is 18.2 Å². The van der Waals surface area contributed by atoms with E-state index in [-0.39, 0.29) is 0 Å². The van der Waals surface area contributed by atoms with Crippen LogP contribution in [0, 0.1) is 5.41 Å². The summed E-state index contributed by atoms with van der Waals surface area (Å²) >= 11 is 0. The Morgan fingerprint density at radius 1 is 1.45 bits per heavy atom. The van der Waals surface area contributed by atoms with Crippen molar-refractivity contribution in [2.75, 3.05) is 6.54 Å². The minimum atomic E-state index is 0.358. The van der Waals surface area contributed by atoms with Gasteiger partial charge in [-0.05, 0) is 31.2 Å². The zero-order valence-electron chi connectivity index (χ0n) is 13.8. The van der Waals surface area contributed by atoms with Crippen LogP contribution in [0.3, 0.4) is 0 Å². The van der Waals surface area contributed by atoms with Gasteiger partial charge in [0, 0.05) is 24.4 Å². The molecule has 2 unspecified atom stereocenters. The first-order chi connectivity index (χ1) is 9.47. The van der Waals surface area contributed by atoms with Crippen molar-refractivity contribution in [3.8, 4) is 0 Å². The highest BCUT2D eigenvalue weighted by molar-refractivity contribution is 5.05. The van der Waals surface area contributed by atoms with Crippen molar-refractivity contribution in [2.24, 2.45) is 5.41 Å². The van der Waals surface area contributed by atoms with Gasteiger partial charge in [-0.15, -0.1) is 0 Å². The zero-order valence-corrected chi connectivity index (χ0v) is 13.8. The van der Waals surface area contributed by atoms with Gasteiger partial charge in [-0.1, -0.05) is 41.0 Å². The fourth-order valence-electron chi connectivity index (χ4n) is 3.67. The number of aromatic nitrogens is 2. The predicted molar refractivity (Wildman–Crippen MR) is 85.1 cm³/mol. The van der Waals surface area contributed by atoms with Crippen LogP contribution in [0.4, 0.5) is 0 Å². The van der Waals surface area contributed by atoms with Crippen LogP contribution >= 0.6 is 0 Å². The van der Waals surface area contributed by atoms with Crippen LogP contribution in [0.15, 0.2) is 12.4 Å². The Morgan fingerprint density at radius 3 is 2.85 bits per heavy atom. The Kier molecular flexibility index (Phi) is 4.90. The molecule has 1 N–H and O–H groups in total. The molecule has 0 aromatic carbocycles. The fourth-order valence-corrected chi connectivity index (χ4v) is 3.67. The van der Waals surface area contributed by atoms with E-state index in [0.29, 0.717) is 23.4 Å². The molecule has 0 amide bonds. The molecular formula is C17H31N3. The maximum Gasteiger partial charge on any atom is 0.111 e. The molecule has 1 aliphatic carbocycles. The Balaban J connectivity index is 2.28. The second kappa shape index (κ2) is 6.30. The second-order valence-electron chi connectivity index (χ2n) is 7.23. The number of nitrogens with one attached hydrogen (secondary N) is 1. The van der Waals surface area contributed by atoms with Crippen molar-refractivity contribution >= 4 is 0 Å². The van der Waals surface area contributed by atoms with E-state index in [2.05, 4.69) is 55.7 Å². The second-order valence-corrected chi connectivity index (χ2v) is 7.23. The molecular weight excluding hydrogens is 246 g/mol. The van der Waals surface area contributed by atoms with Crippen molar-refractivity contribution < 1.29 is 0 Å². The van der Waals surface area contributed by atoms with Gasteiger partial charge >= 0.3 is 0 Å². The third kappa shape index (κ3) is 3.08. The lowest BCUT2D eigenvalue weighted by Crippen LogP contribution is -2.50. The van der Waals surface area contributed by atoms with E-state index < -0.39 is 0 Å². The SMILES string of the molecule is CCCNC1C(n2ccnc2C(C)C)CCCC1(C)C. The first-order valence-electron chi connectivity index (χ1n) is 8.23. The monoisotopic (exact) mass is 277 g/mol. The standard InChI is InChI=1S/C17H31N3/c1-6-10-18-15-14(8-7-9-17(15,4)5)20-12-11-19-16(20)13(2)3/h11-15,18H,6-10H2,1-5H3. The van der Waals surface area contributed by atoms with E-state index >= 15 is 0 Å². The topological polar surface area (TPSA) is 29.9 Å². The maximum atomic E-state index is 4.59. The van der Waals surface area contributed by atoms with Gasteiger partial charge in [-0.2, -0.15) is 0 Å². The number of imidazole rings is 1. The van der Waals surface area contributed by atoms with Crippen molar-refractivity contribution in [3.63, 3.8) is 0 Å². The smallest absolute Gasteiger partial charge is 0.111 e. The maximum absolute atomic E-state index is 4.59. The molecule has 0 bridgehead atoms. The summed E-state index contributed by atoms with van der Waals surface area (Å²) in [5, 5.41) is 3.82. The third-order valence-electron chi connectivity index (χ3n) is 4.73. The van der Waals surface area contributed by atoms with E-state index in [1.807, 2.05) is 6.20 Å². The van der Waals surface area contributed by atoms with Crippen LogP contribution < -0.4 is 5.32 Å². The lowest BCUT2D eigenvalue weighted by Gasteiger charge is -2.45. The fraction of sp³-hybridized carbons (Fsp3) is 0.824. The molecule has 1 fully saturated rings. The van der Waals surface area contributed by atoms with Crippen LogP contribution in [-0.4, -0.2) is 22.1 Å². The van der Waals surface area contributed by atoms with Gasteiger partial charge in [0.05, 0.1) is 6.04 Å². The summed E-state index contributed by atoms with van der Waals surface area (Å²) < 4.78 is 2.44. The zero-order chi connectivity index (χ0) is 14.8. The summed E-state index contributed by atoms with van der Waals surface area (Å²) in [7, 11) is 0. The lowest BCUT2D eigenvalue weighted by atomic mass is 9.70. The van der Waals surface area contributed by atoms with Crippen LogP contribution in [0.5, 0.6) is 0 Å². The number of hydrogen-bond acceptors (Lipinski definition) is 2. The summed E-state index contributed by atoms with van der Waals surface area (Å²) in [6.45, 7) is 12.7. The lowest BCUT2D eigenvalue weighted by molar-refractivity contribution is 0.111. The van der Waals surface area contributed by atoms with E-state index in [4.69, 9.17) is 0 Å². The molecule has 3 nitrogen and oxygen atoms in total. The molecule has 2 rings (SSSR count). The van der Waals surface area contributed by atoms with Gasteiger partial charge in [0.2, 0.25) is 0 Å². The van der Waals surface area contributed by atoms with Crippen molar-refractivity contribution in [2.45, 2.75) is 78.3 Å². The molecule has 3 heteroatoms. The largest absolute Gasteiger partial charge is 0.330 e. The Morgan fingerprint density at radius 2 is 2.20 bits per heavy atom. The van der Waals surface area contributed by atoms with E-state index in [9.17, 15) is 0 Å². The molecule has 1 saturated carbocycles. The molecule has 0 radical (unpaired) electrons. The average molecular weight is 277 g/mol. The molecule has 20 heavy (non-hydrogen) atoms. The average Bonchev–Trinajstić information content (AvgIpc) is 2.85. The van der Waals surface area contributed by atoms with Gasteiger partial charge in [0.25, 0.3) is 0 Å². The van der Waals surface area contributed by atoms with Gasteiger partial charge in [0.15, 0.2) is 0 Å². The summed E-state index contributed by atoms with van der Waals surface area (Å²) in [6, 6.07) is 1.09. The molecule has 0 aliphatic heterocycles. The third-order valence-corrected chi connectivity index (χ3v) is 4.73. The number of nitrogens with zero attached hydrogens (tertiary/aromatic N) is 2. The molecule has 1 aromatic heterocycles. The van der Waals surface area contributed by atoms with Gasteiger partial charge in [0.1, 0.15) is 5.82 Å². The van der Waals surface area contributed by atoms with E-state index in [1.165, 1.54) is 31.5 Å². The number of hydrogen-bond donors (Lipinski definition) is 1. The summed E-state index contributed by atoms with van der Waals surface area (Å²) in [5.74, 6) is 1.72. The highest BCUT2D eigenvalue weighted by Crippen LogP contribution is 2.42. The highest BCUT2D eigenvalue weighted by atomic mass is 15.1. The summed E-state index contributed by atoms with van der Waals surface area (Å²) in [4.78, 5) is 4.59. The quantitative estimate of drug-likeness (QED) is 0.877. The normalized spacial score (nSPS) is 26.1.